The van der Waals surface area contributed by atoms with E-state index in [1.54, 1.807) is 11.0 Å². The molecule has 0 heterocycles. The van der Waals surface area contributed by atoms with Gasteiger partial charge in [-0.2, -0.15) is 0 Å². The SMILES string of the molecule is CCN(CCO)C(=O)Cc1ccccc1N. The molecule has 0 aromatic heterocycles. The number of carbonyl (C=O) groups is 1. The van der Waals surface area contributed by atoms with E-state index in [9.17, 15) is 4.79 Å². The second kappa shape index (κ2) is 6.12. The van der Waals surface area contributed by atoms with Crippen molar-refractivity contribution >= 4 is 11.6 Å². The van der Waals surface area contributed by atoms with Gasteiger partial charge in [-0.1, -0.05) is 18.2 Å². The average Bonchev–Trinajstić information content (AvgIpc) is 2.29. The zero-order valence-electron chi connectivity index (χ0n) is 9.52. The highest BCUT2D eigenvalue weighted by Gasteiger charge is 2.12. The standard InChI is InChI=1S/C12H18N2O2/c1-2-14(7-8-15)12(16)9-10-5-3-4-6-11(10)13/h3-6,15H,2,7-9,13H2,1H3. The van der Waals surface area contributed by atoms with Crippen molar-refractivity contribution in [2.45, 2.75) is 13.3 Å². The largest absolute Gasteiger partial charge is 0.398 e. The zero-order chi connectivity index (χ0) is 12.0. The Kier molecular flexibility index (Phi) is 4.79. The fourth-order valence-corrected chi connectivity index (χ4v) is 1.55. The van der Waals surface area contributed by atoms with Crippen molar-refractivity contribution in [3.63, 3.8) is 0 Å². The Bertz CT molecular complexity index is 353. The summed E-state index contributed by atoms with van der Waals surface area (Å²) >= 11 is 0. The summed E-state index contributed by atoms with van der Waals surface area (Å²) in [6.45, 7) is 2.86. The number of amides is 1. The van der Waals surface area contributed by atoms with Gasteiger partial charge in [-0.25, -0.2) is 0 Å². The van der Waals surface area contributed by atoms with E-state index in [4.69, 9.17) is 10.8 Å². The first kappa shape index (κ1) is 12.5. The fourth-order valence-electron chi connectivity index (χ4n) is 1.55. The quantitative estimate of drug-likeness (QED) is 0.719. The van der Waals surface area contributed by atoms with Gasteiger partial charge in [0.05, 0.1) is 13.0 Å². The van der Waals surface area contributed by atoms with Crippen LogP contribution >= 0.6 is 0 Å². The average molecular weight is 222 g/mol. The number of aliphatic hydroxyl groups is 1. The Morgan fingerprint density at radius 3 is 2.69 bits per heavy atom. The first-order valence-corrected chi connectivity index (χ1v) is 5.41. The molecule has 4 nitrogen and oxygen atoms in total. The van der Waals surface area contributed by atoms with Crippen molar-refractivity contribution in [2.24, 2.45) is 0 Å². The van der Waals surface area contributed by atoms with Crippen LogP contribution in [-0.2, 0) is 11.2 Å². The van der Waals surface area contributed by atoms with E-state index in [1.165, 1.54) is 0 Å². The summed E-state index contributed by atoms with van der Waals surface area (Å²) in [6, 6.07) is 7.33. The normalized spacial score (nSPS) is 10.1. The lowest BCUT2D eigenvalue weighted by Crippen LogP contribution is -2.34. The first-order valence-electron chi connectivity index (χ1n) is 5.41. The van der Waals surface area contributed by atoms with Crippen molar-refractivity contribution in [2.75, 3.05) is 25.4 Å². The number of aliphatic hydroxyl groups excluding tert-OH is 1. The number of nitrogens with two attached hydrogens (primary N) is 1. The second-order valence-corrected chi connectivity index (χ2v) is 3.57. The van der Waals surface area contributed by atoms with Gasteiger partial charge in [0.15, 0.2) is 0 Å². The van der Waals surface area contributed by atoms with Crippen LogP contribution in [0.15, 0.2) is 24.3 Å². The van der Waals surface area contributed by atoms with Crippen molar-refractivity contribution < 1.29 is 9.90 Å². The van der Waals surface area contributed by atoms with Gasteiger partial charge in [-0.3, -0.25) is 4.79 Å². The van der Waals surface area contributed by atoms with Crippen LogP contribution in [0, 0.1) is 0 Å². The fraction of sp³-hybridized carbons (Fsp3) is 0.417. The van der Waals surface area contributed by atoms with E-state index in [0.717, 1.165) is 5.56 Å². The van der Waals surface area contributed by atoms with Gasteiger partial charge in [-0.05, 0) is 18.6 Å². The molecule has 1 rings (SSSR count). The van der Waals surface area contributed by atoms with Gasteiger partial charge in [0, 0.05) is 18.8 Å². The third kappa shape index (κ3) is 3.24. The topological polar surface area (TPSA) is 66.6 Å². The highest BCUT2D eigenvalue weighted by molar-refractivity contribution is 5.80. The predicted octanol–water partition coefficient (Wildman–Crippen LogP) is 0.652. The Balaban J connectivity index is 2.66. The van der Waals surface area contributed by atoms with E-state index in [1.807, 2.05) is 25.1 Å². The van der Waals surface area contributed by atoms with E-state index >= 15 is 0 Å². The molecule has 0 saturated heterocycles. The summed E-state index contributed by atoms with van der Waals surface area (Å²) in [6.07, 6.45) is 0.292. The molecule has 0 aliphatic rings. The molecule has 0 radical (unpaired) electrons. The molecule has 0 atom stereocenters. The highest BCUT2D eigenvalue weighted by atomic mass is 16.3. The van der Waals surface area contributed by atoms with Gasteiger partial charge >= 0.3 is 0 Å². The van der Waals surface area contributed by atoms with Crippen molar-refractivity contribution in [3.8, 4) is 0 Å². The third-order valence-corrected chi connectivity index (χ3v) is 2.50. The lowest BCUT2D eigenvalue weighted by Gasteiger charge is -2.19. The van der Waals surface area contributed by atoms with Crippen molar-refractivity contribution in [1.29, 1.82) is 0 Å². The molecule has 0 saturated carbocycles. The number of benzene rings is 1. The number of likely N-dealkylation sites (N-methyl/N-ethyl adjacent to an activating group) is 1. The third-order valence-electron chi connectivity index (χ3n) is 2.50. The molecule has 0 fully saturated rings. The van der Waals surface area contributed by atoms with Gasteiger partial charge in [-0.15, -0.1) is 0 Å². The van der Waals surface area contributed by atoms with Gasteiger partial charge in [0.25, 0.3) is 0 Å². The number of nitrogen functional groups attached to an aromatic ring is 1. The van der Waals surface area contributed by atoms with Crippen LogP contribution in [0.5, 0.6) is 0 Å². The van der Waals surface area contributed by atoms with E-state index in [0.29, 0.717) is 25.2 Å². The van der Waals surface area contributed by atoms with E-state index in [2.05, 4.69) is 0 Å². The number of para-hydroxylation sites is 1. The summed E-state index contributed by atoms with van der Waals surface area (Å²) in [5, 5.41) is 8.82. The van der Waals surface area contributed by atoms with Gasteiger partial charge in [0.1, 0.15) is 0 Å². The molecule has 0 aliphatic carbocycles. The maximum atomic E-state index is 11.8. The first-order chi connectivity index (χ1) is 7.69. The summed E-state index contributed by atoms with van der Waals surface area (Å²) in [5.74, 6) is -0.00514. The smallest absolute Gasteiger partial charge is 0.227 e. The molecule has 3 N–H and O–H groups in total. The number of carbonyl (C=O) groups excluding carboxylic acids is 1. The zero-order valence-corrected chi connectivity index (χ0v) is 9.52. The van der Waals surface area contributed by atoms with Gasteiger partial charge < -0.3 is 15.7 Å². The Morgan fingerprint density at radius 1 is 1.44 bits per heavy atom. The Labute approximate surface area is 95.7 Å². The molecule has 1 aromatic carbocycles. The van der Waals surface area contributed by atoms with Crippen LogP contribution in [0.4, 0.5) is 5.69 Å². The maximum absolute atomic E-state index is 11.8. The molecule has 1 amide bonds. The lowest BCUT2D eigenvalue weighted by atomic mass is 10.1. The Hall–Kier alpha value is -1.55. The summed E-state index contributed by atoms with van der Waals surface area (Å²) in [4.78, 5) is 13.5. The molecular formula is C12H18N2O2. The minimum Gasteiger partial charge on any atom is -0.398 e. The van der Waals surface area contributed by atoms with Gasteiger partial charge in [0.2, 0.25) is 5.91 Å². The molecule has 1 aromatic rings. The van der Waals surface area contributed by atoms with Crippen LogP contribution in [0.2, 0.25) is 0 Å². The summed E-state index contributed by atoms with van der Waals surface area (Å²) < 4.78 is 0. The molecular weight excluding hydrogens is 204 g/mol. The molecule has 16 heavy (non-hydrogen) atoms. The van der Waals surface area contributed by atoms with Crippen molar-refractivity contribution in [1.82, 2.24) is 4.90 Å². The van der Waals surface area contributed by atoms with Crippen LogP contribution < -0.4 is 5.73 Å². The minimum atomic E-state index is -0.0101. The number of hydrogen-bond acceptors (Lipinski definition) is 3. The lowest BCUT2D eigenvalue weighted by molar-refractivity contribution is -0.130. The second-order valence-electron chi connectivity index (χ2n) is 3.57. The van der Waals surface area contributed by atoms with Crippen LogP contribution in [0.1, 0.15) is 12.5 Å². The number of nitrogens with zero attached hydrogens (tertiary/aromatic N) is 1. The van der Waals surface area contributed by atoms with Crippen LogP contribution in [0.3, 0.4) is 0 Å². The molecule has 88 valence electrons. The van der Waals surface area contributed by atoms with E-state index in [-0.39, 0.29) is 12.5 Å². The molecule has 0 spiro atoms. The number of anilines is 1. The minimum absolute atomic E-state index is 0.00514. The summed E-state index contributed by atoms with van der Waals surface area (Å²) in [7, 11) is 0. The molecule has 4 heteroatoms. The van der Waals surface area contributed by atoms with Crippen LogP contribution in [0.25, 0.3) is 0 Å². The van der Waals surface area contributed by atoms with E-state index < -0.39 is 0 Å². The molecule has 0 unspecified atom stereocenters. The monoisotopic (exact) mass is 222 g/mol. The number of hydrogen-bond donors (Lipinski definition) is 2. The van der Waals surface area contributed by atoms with Crippen LogP contribution in [-0.4, -0.2) is 35.6 Å². The molecule has 0 aliphatic heterocycles. The predicted molar refractivity (Wildman–Crippen MR) is 63.9 cm³/mol. The Morgan fingerprint density at radius 2 is 2.12 bits per heavy atom. The highest BCUT2D eigenvalue weighted by Crippen LogP contribution is 2.12. The van der Waals surface area contributed by atoms with Crippen molar-refractivity contribution in [3.05, 3.63) is 29.8 Å². The number of rotatable bonds is 5. The maximum Gasteiger partial charge on any atom is 0.227 e. The summed E-state index contributed by atoms with van der Waals surface area (Å²) in [5.41, 5.74) is 7.24. The molecule has 0 bridgehead atoms.